The zero-order valence-electron chi connectivity index (χ0n) is 35.7. The first kappa shape index (κ1) is 44.0. The molecule has 15 nitrogen and oxygen atoms in total. The maximum absolute atomic E-state index is 15.1. The van der Waals surface area contributed by atoms with Gasteiger partial charge in [0.2, 0.25) is 21.8 Å². The van der Waals surface area contributed by atoms with E-state index >= 15 is 13.2 Å². The van der Waals surface area contributed by atoms with E-state index < -0.39 is 97.0 Å². The summed E-state index contributed by atoms with van der Waals surface area (Å²) >= 11 is 0. The van der Waals surface area contributed by atoms with E-state index in [1.807, 2.05) is 11.0 Å². The summed E-state index contributed by atoms with van der Waals surface area (Å²) in [6, 6.07) is 1.38. The van der Waals surface area contributed by atoms with Gasteiger partial charge in [0.25, 0.3) is 5.91 Å². The van der Waals surface area contributed by atoms with Crippen LogP contribution in [0.2, 0.25) is 0 Å². The number of pyridine rings is 1. The number of sulfonamides is 1. The molecule has 6 aliphatic rings. The van der Waals surface area contributed by atoms with Crippen LogP contribution in [-0.4, -0.2) is 107 Å². The standard InChI is InChI=1S/C43H55F3N6O9S/c1-39(2,3)61-38(56)48-29-13-10-8-6-7-9-12-25-21-42(25,37(55)50-62(57,58)40(4)16-17-40)49-35(53)31-23-41(24-52(31)36(29)54)22-30(51-18-11-19-51)32-27-20-26(59-5)14-15-28(27)47-34(33(32)60-41)43(44,45)46/h9,12,14-15,20,25,29-31H,6-8,10-11,13,16-19,21-24H2,1-5H3,(H,48,56)(H,49,53)(H,50,55)/b12-9-/t25-,29+,30+,31+,41-,42-/m1/s1. The molecule has 19 heteroatoms. The summed E-state index contributed by atoms with van der Waals surface area (Å²) in [5, 5.41) is 5.95. The second-order valence-corrected chi connectivity index (χ2v) is 21.3. The molecule has 1 spiro atoms. The SMILES string of the molecule is COc1ccc2nc(C(F)(F)F)c3c(c2c1)[C@@H](N1CCC1)C[C@]1(C[C@H]2C(=O)N[C@]4(C(=O)NS(=O)(=O)C5(C)CC5)C[C@H]4/C=C\CCCCC[C@H](NC(=O)OC(C)(C)C)C(=O)N2C1)O3. The number of aromatic nitrogens is 1. The summed E-state index contributed by atoms with van der Waals surface area (Å²) in [6.45, 7) is 7.38. The Labute approximate surface area is 358 Å². The molecule has 4 amide bonds. The molecule has 2 aliphatic carbocycles. The van der Waals surface area contributed by atoms with Gasteiger partial charge in [-0.1, -0.05) is 25.0 Å². The van der Waals surface area contributed by atoms with Crippen molar-refractivity contribution in [2.75, 3.05) is 26.7 Å². The van der Waals surface area contributed by atoms with Crippen LogP contribution < -0.4 is 24.8 Å². The van der Waals surface area contributed by atoms with Crippen molar-refractivity contribution in [3.05, 3.63) is 41.6 Å². The number of amides is 4. The summed E-state index contributed by atoms with van der Waals surface area (Å²) in [5.74, 6) is -3.05. The van der Waals surface area contributed by atoms with Crippen LogP contribution in [-0.2, 0) is 35.3 Å². The zero-order chi connectivity index (χ0) is 44.6. The second kappa shape index (κ2) is 15.6. The predicted molar refractivity (Wildman–Crippen MR) is 219 cm³/mol. The maximum Gasteiger partial charge on any atom is 0.437 e. The van der Waals surface area contributed by atoms with Gasteiger partial charge in [0, 0.05) is 35.8 Å². The van der Waals surface area contributed by atoms with Crippen molar-refractivity contribution in [3.8, 4) is 11.5 Å². The van der Waals surface area contributed by atoms with Crippen LogP contribution in [0.4, 0.5) is 18.0 Å². The van der Waals surface area contributed by atoms with E-state index in [0.717, 1.165) is 6.42 Å². The molecule has 62 heavy (non-hydrogen) atoms. The fourth-order valence-electron chi connectivity index (χ4n) is 9.34. The first-order valence-electron chi connectivity index (χ1n) is 21.5. The second-order valence-electron chi connectivity index (χ2n) is 19.1. The third-order valence-corrected chi connectivity index (χ3v) is 15.5. The molecule has 1 aromatic heterocycles. The van der Waals surface area contributed by atoms with Crippen molar-refractivity contribution in [2.24, 2.45) is 5.92 Å². The van der Waals surface area contributed by atoms with Crippen molar-refractivity contribution in [2.45, 2.75) is 144 Å². The molecular formula is C43H55F3N6O9S. The Morgan fingerprint density at radius 2 is 1.74 bits per heavy atom. The maximum atomic E-state index is 15.1. The van der Waals surface area contributed by atoms with Gasteiger partial charge in [-0.05, 0) is 104 Å². The van der Waals surface area contributed by atoms with Crippen LogP contribution in [0.3, 0.4) is 0 Å². The minimum atomic E-state index is -4.96. The number of alkyl halides is 3. The fraction of sp³-hybridized carbons (Fsp3) is 0.651. The first-order valence-corrected chi connectivity index (χ1v) is 22.9. The number of halogens is 3. The zero-order valence-corrected chi connectivity index (χ0v) is 36.5. The van der Waals surface area contributed by atoms with Gasteiger partial charge >= 0.3 is 12.3 Å². The molecule has 2 aromatic rings. The number of ether oxygens (including phenoxy) is 3. The quantitative estimate of drug-likeness (QED) is 0.315. The Morgan fingerprint density at radius 3 is 2.39 bits per heavy atom. The third-order valence-electron chi connectivity index (χ3n) is 13.3. The Kier molecular flexibility index (Phi) is 11.0. The number of alkyl carbamates (subject to hydrolysis) is 1. The van der Waals surface area contributed by atoms with E-state index in [1.54, 1.807) is 32.9 Å². The van der Waals surface area contributed by atoms with E-state index in [2.05, 4.69) is 20.3 Å². The normalized spacial score (nSPS) is 30.5. The topological polar surface area (TPSA) is 186 Å². The van der Waals surface area contributed by atoms with Gasteiger partial charge in [0.1, 0.15) is 34.6 Å². The van der Waals surface area contributed by atoms with E-state index in [4.69, 9.17) is 14.2 Å². The van der Waals surface area contributed by atoms with Crippen LogP contribution in [0.25, 0.3) is 10.9 Å². The molecule has 3 N–H and O–H groups in total. The molecule has 4 aliphatic heterocycles. The summed E-state index contributed by atoms with van der Waals surface area (Å²) in [4.78, 5) is 64.6. The van der Waals surface area contributed by atoms with Gasteiger partial charge in [-0.2, -0.15) is 13.2 Å². The number of benzene rings is 1. The average molecular weight is 889 g/mol. The molecule has 0 radical (unpaired) electrons. The highest BCUT2D eigenvalue weighted by Gasteiger charge is 2.64. The molecule has 2 saturated carbocycles. The van der Waals surface area contributed by atoms with Crippen molar-refractivity contribution >= 4 is 44.7 Å². The number of carbonyl (C=O) groups is 4. The molecule has 5 heterocycles. The van der Waals surface area contributed by atoms with E-state index in [-0.39, 0.29) is 43.3 Å². The Bertz CT molecular complexity index is 2310. The molecule has 0 unspecified atom stereocenters. The third kappa shape index (κ3) is 8.30. The van der Waals surface area contributed by atoms with Gasteiger partial charge in [-0.3, -0.25) is 24.0 Å². The molecule has 1 aromatic carbocycles. The number of carbonyl (C=O) groups excluding carboxylic acids is 4. The lowest BCUT2D eigenvalue weighted by molar-refractivity contribution is -0.145. The number of nitrogens with one attached hydrogen (secondary N) is 3. The Balaban J connectivity index is 1.22. The molecule has 338 valence electrons. The van der Waals surface area contributed by atoms with Crippen molar-refractivity contribution in [3.63, 3.8) is 0 Å². The minimum Gasteiger partial charge on any atom is -0.497 e. The van der Waals surface area contributed by atoms with E-state index in [1.165, 1.54) is 31.1 Å². The number of methoxy groups -OCH3 is 1. The van der Waals surface area contributed by atoms with Crippen LogP contribution in [0, 0.1) is 5.92 Å². The molecule has 0 bridgehead atoms. The minimum absolute atomic E-state index is 0.0825. The number of hydrogen-bond acceptors (Lipinski definition) is 11. The van der Waals surface area contributed by atoms with Gasteiger partial charge < -0.3 is 29.7 Å². The highest BCUT2D eigenvalue weighted by atomic mass is 32.2. The summed E-state index contributed by atoms with van der Waals surface area (Å²) in [7, 11) is -2.65. The highest BCUT2D eigenvalue weighted by molar-refractivity contribution is 7.91. The van der Waals surface area contributed by atoms with Crippen molar-refractivity contribution < 1.29 is 55.0 Å². The number of rotatable bonds is 6. The highest BCUT2D eigenvalue weighted by Crippen LogP contribution is 2.55. The van der Waals surface area contributed by atoms with Gasteiger partial charge in [0.15, 0.2) is 11.4 Å². The largest absolute Gasteiger partial charge is 0.497 e. The van der Waals surface area contributed by atoms with Gasteiger partial charge in [-0.25, -0.2) is 18.2 Å². The first-order chi connectivity index (χ1) is 29.1. The number of allylic oxidation sites excluding steroid dienone is 1. The van der Waals surface area contributed by atoms with Gasteiger partial charge in [-0.15, -0.1) is 0 Å². The Hall–Kier alpha value is -4.65. The lowest BCUT2D eigenvalue weighted by atomic mass is 9.81. The number of hydrogen-bond donors (Lipinski definition) is 3. The number of nitrogens with zero attached hydrogens (tertiary/aromatic N) is 3. The fourth-order valence-corrected chi connectivity index (χ4v) is 10.6. The lowest BCUT2D eigenvalue weighted by Gasteiger charge is -2.47. The average Bonchev–Trinajstić information content (AvgIpc) is 4.05. The Morgan fingerprint density at radius 1 is 1.02 bits per heavy atom. The van der Waals surface area contributed by atoms with Crippen LogP contribution in [0.15, 0.2) is 30.4 Å². The van der Waals surface area contributed by atoms with Gasteiger partial charge in [0.05, 0.1) is 23.9 Å². The molecule has 2 saturated heterocycles. The lowest BCUT2D eigenvalue weighted by Crippen LogP contribution is -2.58. The van der Waals surface area contributed by atoms with E-state index in [9.17, 15) is 27.6 Å². The summed E-state index contributed by atoms with van der Waals surface area (Å²) < 4.78 is 90.7. The number of likely N-dealkylation sites (tertiary alicyclic amines) is 1. The number of fused-ring (bicyclic) bond motifs is 5. The summed E-state index contributed by atoms with van der Waals surface area (Å²) in [5.41, 5.74) is -5.04. The molecule has 6 atom stereocenters. The van der Waals surface area contributed by atoms with Crippen molar-refractivity contribution in [1.82, 2.24) is 30.1 Å². The molecular weight excluding hydrogens is 834 g/mol. The monoisotopic (exact) mass is 888 g/mol. The van der Waals surface area contributed by atoms with Crippen LogP contribution >= 0.6 is 0 Å². The predicted octanol–water partition coefficient (Wildman–Crippen LogP) is 5.42. The van der Waals surface area contributed by atoms with E-state index in [0.29, 0.717) is 62.8 Å². The van der Waals surface area contributed by atoms with Crippen LogP contribution in [0.5, 0.6) is 11.5 Å². The smallest absolute Gasteiger partial charge is 0.437 e. The van der Waals surface area contributed by atoms with Crippen molar-refractivity contribution in [1.29, 1.82) is 0 Å². The molecule has 8 rings (SSSR count). The molecule has 4 fully saturated rings. The summed E-state index contributed by atoms with van der Waals surface area (Å²) in [6.07, 6.45) is 1.92. The van der Waals surface area contributed by atoms with Crippen LogP contribution in [0.1, 0.15) is 116 Å².